The lowest BCUT2D eigenvalue weighted by Crippen LogP contribution is -2.41. The van der Waals surface area contributed by atoms with Crippen LogP contribution in [0.15, 0.2) is 17.1 Å². The number of nitrogens with one attached hydrogen (secondary N) is 1. The lowest BCUT2D eigenvalue weighted by Gasteiger charge is -2.25. The van der Waals surface area contributed by atoms with Crippen LogP contribution in [0.3, 0.4) is 0 Å². The molecule has 222 valence electrons. The van der Waals surface area contributed by atoms with Crippen LogP contribution in [-0.4, -0.2) is 74.2 Å². The summed E-state index contributed by atoms with van der Waals surface area (Å²) in [4.78, 5) is 40.1. The van der Waals surface area contributed by atoms with Gasteiger partial charge in [-0.3, -0.25) is 23.2 Å². The van der Waals surface area contributed by atoms with Crippen molar-refractivity contribution in [3.05, 3.63) is 22.7 Å². The average molecular weight is 617 g/mol. The Hall–Kier alpha value is -1.58. The summed E-state index contributed by atoms with van der Waals surface area (Å²) in [6.07, 6.45) is -4.73. The van der Waals surface area contributed by atoms with E-state index < -0.39 is 67.1 Å². The molecule has 2 heterocycles. The van der Waals surface area contributed by atoms with Gasteiger partial charge in [0, 0.05) is 17.4 Å². The number of carbonyl (C=O) groups excluding carboxylic acids is 2. The van der Waals surface area contributed by atoms with Crippen molar-refractivity contribution >= 4 is 48.0 Å². The van der Waals surface area contributed by atoms with Crippen LogP contribution in [0.25, 0.3) is 0 Å². The normalized spacial score (nSPS) is 25.8. The Labute approximate surface area is 234 Å². The summed E-state index contributed by atoms with van der Waals surface area (Å²) < 4.78 is 50.8. The van der Waals surface area contributed by atoms with E-state index in [2.05, 4.69) is 10.1 Å². The molecule has 0 spiro atoms. The molecule has 1 aliphatic rings. The molecule has 1 aromatic rings. The number of nitrogens with two attached hydrogens (primary N) is 1. The summed E-state index contributed by atoms with van der Waals surface area (Å²) in [5.74, 6) is -0.751. The molecule has 0 aliphatic carbocycles. The van der Waals surface area contributed by atoms with Crippen LogP contribution >= 0.6 is 31.1 Å². The SMILES string of the molecule is CC(C)OC(=O)C(C)NP(=O)(OCCSC(=O)C(C)(C)C)OC[C@H]1O[C@@H](n2ccc(N)nc2=O)[C@@](F)(Cl)[C@@H]1O. The first-order chi connectivity index (χ1) is 17.9. The maximum atomic E-state index is 15.3. The summed E-state index contributed by atoms with van der Waals surface area (Å²) in [6, 6.07) is 0.0527. The zero-order chi connectivity index (χ0) is 29.8. The largest absolute Gasteiger partial charge is 0.462 e. The molecule has 13 nitrogen and oxygen atoms in total. The Bertz CT molecular complexity index is 1130. The second-order valence-electron chi connectivity index (χ2n) is 10.0. The van der Waals surface area contributed by atoms with Gasteiger partial charge in [-0.2, -0.15) is 4.98 Å². The minimum atomic E-state index is -4.33. The van der Waals surface area contributed by atoms with Crippen molar-refractivity contribution in [3.63, 3.8) is 0 Å². The van der Waals surface area contributed by atoms with Gasteiger partial charge in [0.15, 0.2) is 11.3 Å². The number of aromatic nitrogens is 2. The number of esters is 1. The number of anilines is 1. The number of alkyl halides is 2. The first-order valence-electron chi connectivity index (χ1n) is 12.0. The smallest absolute Gasteiger partial charge is 0.406 e. The van der Waals surface area contributed by atoms with Gasteiger partial charge in [-0.25, -0.2) is 18.8 Å². The highest BCUT2D eigenvalue weighted by Crippen LogP contribution is 2.48. The molecule has 1 fully saturated rings. The number of aliphatic hydroxyl groups excluding tert-OH is 1. The summed E-state index contributed by atoms with van der Waals surface area (Å²) in [7, 11) is -4.33. The lowest BCUT2D eigenvalue weighted by molar-refractivity contribution is -0.149. The monoisotopic (exact) mass is 616 g/mol. The fourth-order valence-electron chi connectivity index (χ4n) is 3.13. The second-order valence-corrected chi connectivity index (χ2v) is 13.5. The molecule has 0 bridgehead atoms. The van der Waals surface area contributed by atoms with Crippen molar-refractivity contribution in [2.75, 3.05) is 24.7 Å². The van der Waals surface area contributed by atoms with Crippen LogP contribution in [-0.2, 0) is 32.7 Å². The van der Waals surface area contributed by atoms with Gasteiger partial charge >= 0.3 is 19.4 Å². The van der Waals surface area contributed by atoms with Crippen molar-refractivity contribution in [1.29, 1.82) is 0 Å². The number of rotatable bonds is 12. The van der Waals surface area contributed by atoms with Gasteiger partial charge in [-0.15, -0.1) is 0 Å². The van der Waals surface area contributed by atoms with Crippen LogP contribution in [0.4, 0.5) is 10.2 Å². The Balaban J connectivity index is 2.16. The van der Waals surface area contributed by atoms with E-state index in [1.807, 2.05) is 0 Å². The summed E-state index contributed by atoms with van der Waals surface area (Å²) in [5.41, 5.74) is 3.87. The van der Waals surface area contributed by atoms with E-state index in [4.69, 9.17) is 35.9 Å². The summed E-state index contributed by atoms with van der Waals surface area (Å²) in [5, 5.41) is 9.79. The second kappa shape index (κ2) is 13.4. The molecule has 0 saturated carbocycles. The number of carbonyl (C=O) groups is 2. The van der Waals surface area contributed by atoms with E-state index >= 15 is 4.39 Å². The number of ether oxygens (including phenoxy) is 2. The Kier molecular flexibility index (Phi) is 11.5. The molecule has 39 heavy (non-hydrogen) atoms. The molecule has 0 amide bonds. The predicted octanol–water partition coefficient (Wildman–Crippen LogP) is 2.37. The minimum Gasteiger partial charge on any atom is -0.462 e. The number of thioether (sulfide) groups is 1. The van der Waals surface area contributed by atoms with E-state index in [1.54, 1.807) is 34.6 Å². The van der Waals surface area contributed by atoms with Gasteiger partial charge < -0.3 is 20.3 Å². The van der Waals surface area contributed by atoms with Crippen LogP contribution in [0.1, 0.15) is 47.8 Å². The molecular formula is C22H35ClFN4O9PS. The van der Waals surface area contributed by atoms with Crippen molar-refractivity contribution in [1.82, 2.24) is 14.6 Å². The van der Waals surface area contributed by atoms with Gasteiger partial charge in [-0.05, 0) is 26.8 Å². The minimum absolute atomic E-state index is 0.114. The molecule has 17 heteroatoms. The van der Waals surface area contributed by atoms with Gasteiger partial charge in [0.2, 0.25) is 0 Å². The maximum absolute atomic E-state index is 15.3. The van der Waals surface area contributed by atoms with E-state index in [-0.39, 0.29) is 23.3 Å². The molecule has 2 rings (SSSR count). The van der Waals surface area contributed by atoms with Gasteiger partial charge in [-0.1, -0.05) is 44.1 Å². The number of hydrogen-bond acceptors (Lipinski definition) is 12. The third kappa shape index (κ3) is 9.22. The van der Waals surface area contributed by atoms with Gasteiger partial charge in [0.05, 0.1) is 19.3 Å². The fraction of sp³-hybridized carbons (Fsp3) is 0.727. The zero-order valence-corrected chi connectivity index (χ0v) is 24.9. The van der Waals surface area contributed by atoms with Crippen LogP contribution in [0.2, 0.25) is 0 Å². The molecule has 2 unspecified atom stereocenters. The van der Waals surface area contributed by atoms with Crippen molar-refractivity contribution in [3.8, 4) is 0 Å². The van der Waals surface area contributed by atoms with E-state index in [0.717, 1.165) is 18.0 Å². The molecule has 0 radical (unpaired) electrons. The van der Waals surface area contributed by atoms with E-state index in [9.17, 15) is 24.1 Å². The number of halogens is 2. The zero-order valence-electron chi connectivity index (χ0n) is 22.5. The first kappa shape index (κ1) is 33.6. The van der Waals surface area contributed by atoms with Gasteiger partial charge in [0.25, 0.3) is 5.13 Å². The summed E-state index contributed by atoms with van der Waals surface area (Å²) in [6.45, 7) is 8.92. The van der Waals surface area contributed by atoms with Crippen LogP contribution < -0.4 is 16.5 Å². The highest BCUT2D eigenvalue weighted by Gasteiger charge is 2.58. The van der Waals surface area contributed by atoms with Crippen molar-refractivity contribution in [2.24, 2.45) is 5.41 Å². The van der Waals surface area contributed by atoms with Crippen LogP contribution in [0.5, 0.6) is 0 Å². The third-order valence-electron chi connectivity index (χ3n) is 5.14. The highest BCUT2D eigenvalue weighted by atomic mass is 35.5. The lowest BCUT2D eigenvalue weighted by atomic mass is 10.00. The standard InChI is InChI=1S/C22H35ClFN4O9PS/c1-12(2)36-17(30)13(3)27-38(33,34-9-10-39-19(31)21(4,5)6)35-11-14-16(29)22(23,24)18(37-14)28-8-7-15(25)26-20(28)32/h7-8,12-14,16,18,29H,9-11H2,1-6H3,(H,27,33)(H2,25,26,32)/t13?,14-,16-,18-,22-,38?/m1/s1. The fourth-order valence-corrected chi connectivity index (χ4v) is 5.81. The van der Waals surface area contributed by atoms with Crippen molar-refractivity contribution < 1.29 is 42.2 Å². The quantitative estimate of drug-likeness (QED) is 0.135. The Morgan fingerprint density at radius 2 is 2.03 bits per heavy atom. The maximum Gasteiger partial charge on any atom is 0.406 e. The highest BCUT2D eigenvalue weighted by molar-refractivity contribution is 8.13. The third-order valence-corrected chi connectivity index (χ3v) is 8.51. The Morgan fingerprint density at radius 1 is 1.38 bits per heavy atom. The topological polar surface area (TPSA) is 181 Å². The molecule has 1 saturated heterocycles. The van der Waals surface area contributed by atoms with E-state index in [1.165, 1.54) is 13.0 Å². The van der Waals surface area contributed by atoms with Crippen LogP contribution in [0, 0.1) is 5.41 Å². The molecule has 1 aromatic heterocycles. The molecular weight excluding hydrogens is 582 g/mol. The molecule has 1 aliphatic heterocycles. The predicted molar refractivity (Wildman–Crippen MR) is 143 cm³/mol. The number of hydrogen-bond donors (Lipinski definition) is 3. The van der Waals surface area contributed by atoms with Gasteiger partial charge in [0.1, 0.15) is 24.1 Å². The number of nitrogens with zero attached hydrogens (tertiary/aromatic N) is 2. The average Bonchev–Trinajstić information content (AvgIpc) is 3.03. The number of aliphatic hydroxyl groups is 1. The molecule has 4 N–H and O–H groups in total. The first-order valence-corrected chi connectivity index (χ1v) is 14.9. The molecule has 0 aromatic carbocycles. The van der Waals surface area contributed by atoms with Crippen molar-refractivity contribution in [2.45, 2.75) is 77.3 Å². The molecule has 6 atom stereocenters. The Morgan fingerprint density at radius 3 is 2.59 bits per heavy atom. The van der Waals surface area contributed by atoms with E-state index in [0.29, 0.717) is 4.57 Å². The number of nitrogen functional groups attached to an aromatic ring is 1. The summed E-state index contributed by atoms with van der Waals surface area (Å²) >= 11 is 6.85.